The molecule has 0 radical (unpaired) electrons. The molecule has 3 rings (SSSR count). The molecule has 14 N–H and O–H groups in total. The lowest BCUT2D eigenvalue weighted by Gasteiger charge is -2.48. The highest BCUT2D eigenvalue weighted by atomic mass is 32.3. The molecule has 0 spiro atoms. The van der Waals surface area contributed by atoms with Crippen molar-refractivity contribution in [3.8, 4) is 0 Å². The van der Waals surface area contributed by atoms with Gasteiger partial charge in [0.1, 0.15) is 67.0 Å². The molecule has 30 nitrogen and oxygen atoms in total. The maximum absolute atomic E-state index is 12.3. The van der Waals surface area contributed by atoms with Crippen molar-refractivity contribution in [3.05, 3.63) is 0 Å². The van der Waals surface area contributed by atoms with Crippen molar-refractivity contribution in [2.24, 2.45) is 0 Å². The number of rotatable bonds is 18. The third kappa shape index (κ3) is 13.3. The first kappa shape index (κ1) is 46.8. The van der Waals surface area contributed by atoms with E-state index in [4.69, 9.17) is 37.5 Å². The number of aliphatic hydroxyl groups is 6. The van der Waals surface area contributed by atoms with E-state index in [9.17, 15) is 83.3 Å². The maximum atomic E-state index is 12.3. The van der Waals surface area contributed by atoms with E-state index in [1.807, 2.05) is 0 Å². The second-order valence-corrected chi connectivity index (χ2v) is 16.1. The smallest absolute Gasteiger partial charge is 0.397 e. The Bertz CT molecular complexity index is 1710. The summed E-state index contributed by atoms with van der Waals surface area (Å²) < 4.78 is 167. The van der Waals surface area contributed by atoms with Crippen molar-refractivity contribution < 1.29 is 125 Å². The third-order valence-electron chi connectivity index (χ3n) is 7.54. The van der Waals surface area contributed by atoms with Crippen LogP contribution in [-0.2, 0) is 78.7 Å². The van der Waals surface area contributed by atoms with Crippen LogP contribution in [0.3, 0.4) is 0 Å². The van der Waals surface area contributed by atoms with Crippen LogP contribution in [0.2, 0.25) is 0 Å². The monoisotopic (exact) mass is 879 g/mol. The Balaban J connectivity index is 1.87. The summed E-state index contributed by atoms with van der Waals surface area (Å²) in [5.74, 6) is -2.04. The highest BCUT2D eigenvalue weighted by Gasteiger charge is 2.56. The molecule has 3 aliphatic rings. The zero-order valence-electron chi connectivity index (χ0n) is 26.6. The predicted molar refractivity (Wildman–Crippen MR) is 160 cm³/mol. The number of nitrogens with one attached hydrogen (secondary N) is 3. The molecule has 0 saturated carbocycles. The summed E-state index contributed by atoms with van der Waals surface area (Å²) in [6.07, 6.45) is -29.6. The van der Waals surface area contributed by atoms with Gasteiger partial charge < -0.3 is 64.2 Å². The van der Waals surface area contributed by atoms with E-state index in [0.717, 1.165) is 0 Å². The summed E-state index contributed by atoms with van der Waals surface area (Å²) in [6.45, 7) is -3.77. The second-order valence-electron chi connectivity index (χ2n) is 11.4. The molecule has 54 heavy (non-hydrogen) atoms. The summed E-state index contributed by atoms with van der Waals surface area (Å²) in [4.78, 5) is 12.3. The van der Waals surface area contributed by atoms with Crippen LogP contribution in [0.4, 0.5) is 0 Å². The first-order valence-electron chi connectivity index (χ1n) is 14.6. The summed E-state index contributed by atoms with van der Waals surface area (Å²) >= 11 is 0. The van der Waals surface area contributed by atoms with Gasteiger partial charge in [-0.05, 0) is 0 Å². The predicted octanol–water partition coefficient (Wildman–Crippen LogP) is -9.44. The molecule has 318 valence electrons. The summed E-state index contributed by atoms with van der Waals surface area (Å²) in [5, 5.41) is 73.6. The standard InChI is InChI=1S/C20H37N3O27S4/c24-3-5-14(11(27)8(23-53(38,39)40)18(46-5)44-2-1-21-51(32,33)34)48-20-13(29)12(28)15(16(50-20)17(30)31)49-19-7(22-52(35,36)37)10(26)9(25)6(47-19)4-45-54(41,42)43/h5-16,18-29H,1-4H2,(H,30,31)(H,32,33,34)(H,35,36,37)(H,38,39,40)(H,41,42,43)/t5-,6-,7-,8-,9-,10-,11-,12-,13-,14-,15+,16+,18-,19-,20-/m1/s1. The average molecular weight is 880 g/mol. The normalized spacial score (nSPS) is 38.6. The lowest BCUT2D eigenvalue weighted by atomic mass is 9.95. The van der Waals surface area contributed by atoms with E-state index in [1.54, 1.807) is 4.72 Å². The van der Waals surface area contributed by atoms with Crippen LogP contribution in [-0.4, -0.2) is 212 Å². The molecule has 15 atom stereocenters. The van der Waals surface area contributed by atoms with E-state index in [-0.39, 0.29) is 0 Å². The number of hydrogen-bond donors (Lipinski definition) is 14. The van der Waals surface area contributed by atoms with E-state index in [0.29, 0.717) is 0 Å². The Morgan fingerprint density at radius 1 is 0.630 bits per heavy atom. The van der Waals surface area contributed by atoms with E-state index in [1.165, 1.54) is 9.44 Å². The lowest BCUT2D eigenvalue weighted by Crippen LogP contribution is -2.69. The van der Waals surface area contributed by atoms with E-state index >= 15 is 0 Å². The number of aliphatic carboxylic acids is 1. The Labute approximate surface area is 304 Å². The highest BCUT2D eigenvalue weighted by Crippen LogP contribution is 2.33. The summed E-state index contributed by atoms with van der Waals surface area (Å²) in [7, 11) is -20.5. The lowest BCUT2D eigenvalue weighted by molar-refractivity contribution is -0.362. The molecule has 3 fully saturated rings. The minimum atomic E-state index is -5.32. The van der Waals surface area contributed by atoms with Gasteiger partial charge in [-0.2, -0.15) is 47.8 Å². The Kier molecular flexibility index (Phi) is 15.9. The van der Waals surface area contributed by atoms with Crippen LogP contribution in [0.25, 0.3) is 0 Å². The van der Waals surface area contributed by atoms with Crippen molar-refractivity contribution in [2.75, 3.05) is 26.4 Å². The Morgan fingerprint density at radius 3 is 1.67 bits per heavy atom. The minimum absolute atomic E-state index is 0.659. The molecule has 34 heteroatoms. The zero-order chi connectivity index (χ0) is 41.1. The number of carboxylic acid groups (broad SMARTS) is 1. The van der Waals surface area contributed by atoms with Crippen LogP contribution >= 0.6 is 0 Å². The van der Waals surface area contributed by atoms with Crippen LogP contribution < -0.4 is 14.2 Å². The fraction of sp³-hybridized carbons (Fsp3) is 0.950. The van der Waals surface area contributed by atoms with Crippen molar-refractivity contribution in [2.45, 2.75) is 92.0 Å². The molecule has 0 amide bonds. The average Bonchev–Trinajstić information content (AvgIpc) is 3.01. The SMILES string of the molecule is O=C(O)[C@H]1O[C@@H](O[C@H]2[C@H](O)[C@@H](NS(=O)(=O)O)[C@H](OCCNS(=O)(=O)O)O[C@@H]2CO)[C@H](O)[C@@H](O)[C@@H]1O[C@H]1O[C@H](COS(=O)(=O)O)[C@@H](O)[C@H](O)[C@H]1NS(=O)(=O)O. The molecule has 0 aromatic rings. The van der Waals surface area contributed by atoms with Gasteiger partial charge in [0.25, 0.3) is 0 Å². The summed E-state index contributed by atoms with van der Waals surface area (Å²) in [6, 6.07) is -4.39. The molecular weight excluding hydrogens is 842 g/mol. The third-order valence-corrected chi connectivity index (χ3v) is 9.69. The van der Waals surface area contributed by atoms with Gasteiger partial charge in [-0.15, -0.1) is 0 Å². The largest absolute Gasteiger partial charge is 0.479 e. The quantitative estimate of drug-likeness (QED) is 0.0449. The molecule has 3 saturated heterocycles. The molecule has 0 aromatic carbocycles. The molecule has 0 aliphatic carbocycles. The maximum Gasteiger partial charge on any atom is 0.397 e. The van der Waals surface area contributed by atoms with Gasteiger partial charge in [0.2, 0.25) is 0 Å². The zero-order valence-corrected chi connectivity index (χ0v) is 29.8. The van der Waals surface area contributed by atoms with Gasteiger partial charge in [0.15, 0.2) is 25.0 Å². The van der Waals surface area contributed by atoms with E-state index in [2.05, 4.69) is 4.18 Å². The first-order chi connectivity index (χ1) is 24.6. The van der Waals surface area contributed by atoms with E-state index < -0.39 is 166 Å². The van der Waals surface area contributed by atoms with Crippen LogP contribution in [0.15, 0.2) is 0 Å². The fourth-order valence-corrected chi connectivity index (χ4v) is 7.10. The first-order valence-corrected chi connectivity index (χ1v) is 20.3. The fourth-order valence-electron chi connectivity index (χ4n) is 5.27. The Hall–Kier alpha value is -1.53. The van der Waals surface area contributed by atoms with Crippen molar-refractivity contribution in [1.29, 1.82) is 0 Å². The van der Waals surface area contributed by atoms with Crippen LogP contribution in [0.1, 0.15) is 0 Å². The van der Waals surface area contributed by atoms with Gasteiger partial charge in [-0.1, -0.05) is 0 Å². The van der Waals surface area contributed by atoms with Crippen molar-refractivity contribution in [3.63, 3.8) is 0 Å². The highest BCUT2D eigenvalue weighted by molar-refractivity contribution is 7.84. The molecule has 0 unspecified atom stereocenters. The number of ether oxygens (including phenoxy) is 6. The topological polar surface area (TPSA) is 477 Å². The molecule has 3 heterocycles. The number of carboxylic acids is 1. The van der Waals surface area contributed by atoms with Crippen molar-refractivity contribution in [1.82, 2.24) is 14.2 Å². The van der Waals surface area contributed by atoms with Gasteiger partial charge in [-0.25, -0.2) is 8.98 Å². The molecule has 0 aromatic heterocycles. The Morgan fingerprint density at radius 2 is 1.17 bits per heavy atom. The number of aliphatic hydroxyl groups excluding tert-OH is 6. The molecule has 0 bridgehead atoms. The minimum Gasteiger partial charge on any atom is -0.479 e. The number of hydrogen-bond acceptors (Lipinski definition) is 22. The van der Waals surface area contributed by atoms with Gasteiger partial charge in [0.05, 0.1) is 19.8 Å². The van der Waals surface area contributed by atoms with Crippen LogP contribution in [0, 0.1) is 0 Å². The number of carbonyl (C=O) groups is 1. The van der Waals surface area contributed by atoms with Gasteiger partial charge in [0, 0.05) is 6.54 Å². The molecule has 3 aliphatic heterocycles. The summed E-state index contributed by atoms with van der Waals surface area (Å²) in [5.41, 5.74) is 0. The van der Waals surface area contributed by atoms with Crippen molar-refractivity contribution >= 4 is 47.3 Å². The van der Waals surface area contributed by atoms with Crippen LogP contribution in [0.5, 0.6) is 0 Å². The molecular formula is C20H37N3O27S4. The second kappa shape index (κ2) is 18.4. The van der Waals surface area contributed by atoms with Gasteiger partial charge >= 0.3 is 47.3 Å². The van der Waals surface area contributed by atoms with Gasteiger partial charge in [-0.3, -0.25) is 18.2 Å².